The van der Waals surface area contributed by atoms with Gasteiger partial charge in [-0.3, -0.25) is 0 Å². The molecule has 0 bridgehead atoms. The molecule has 0 amide bonds. The summed E-state index contributed by atoms with van der Waals surface area (Å²) in [5, 5.41) is 17.1. The van der Waals surface area contributed by atoms with Crippen molar-refractivity contribution >= 4 is 50.6 Å². The Balaban J connectivity index is 1.14. The van der Waals surface area contributed by atoms with Crippen LogP contribution in [0.15, 0.2) is 261 Å². The Morgan fingerprint density at radius 1 is 0.329 bits per heavy atom. The third kappa shape index (κ3) is 7.48. The van der Waals surface area contributed by atoms with Gasteiger partial charge >= 0.3 is 0 Å². The molecule has 0 atom stereocenters. The molecule has 0 fully saturated rings. The summed E-state index contributed by atoms with van der Waals surface area (Å²) in [5.74, 6) is 1.77. The maximum absolute atomic E-state index is 9.62. The molecule has 0 aliphatic rings. The SMILES string of the molecule is N#Cc1ccc(-c2ccc3c4ccccc4n(-c4cc(-c5cccc([Si](c6ccccc6)(c6ccccc6)c6ccccc6)c5)ccc4-c4nc(-c5ccccc5)nc(-c5ccccc5)n4)c3c2)cc1. The molecule has 0 radical (unpaired) electrons. The van der Waals surface area contributed by atoms with E-state index in [4.69, 9.17) is 15.0 Å². The molecule has 2 aromatic heterocycles. The van der Waals surface area contributed by atoms with E-state index in [9.17, 15) is 5.26 Å². The minimum Gasteiger partial charge on any atom is -0.308 e. The van der Waals surface area contributed by atoms with Gasteiger partial charge in [0.25, 0.3) is 0 Å². The van der Waals surface area contributed by atoms with Crippen LogP contribution in [0.1, 0.15) is 5.56 Å². The van der Waals surface area contributed by atoms with Crippen LogP contribution in [-0.4, -0.2) is 27.6 Å². The molecule has 0 unspecified atom stereocenters. The van der Waals surface area contributed by atoms with Crippen LogP contribution in [0.25, 0.3) is 83.9 Å². The lowest BCUT2D eigenvalue weighted by atomic mass is 10.0. The first-order chi connectivity index (χ1) is 34.7. The highest BCUT2D eigenvalue weighted by Gasteiger charge is 2.41. The first-order valence-corrected chi connectivity index (χ1v) is 25.5. The lowest BCUT2D eigenvalue weighted by Gasteiger charge is -2.34. The predicted octanol–water partition coefficient (Wildman–Crippen LogP) is 12.6. The molecule has 12 rings (SSSR count). The van der Waals surface area contributed by atoms with Crippen molar-refractivity contribution in [2.45, 2.75) is 0 Å². The Labute approximate surface area is 408 Å². The highest BCUT2D eigenvalue weighted by Crippen LogP contribution is 2.40. The second-order valence-electron chi connectivity index (χ2n) is 17.5. The third-order valence-electron chi connectivity index (χ3n) is 13.4. The summed E-state index contributed by atoms with van der Waals surface area (Å²) in [7, 11) is -2.84. The molecule has 6 heteroatoms. The Kier molecular flexibility index (Phi) is 10.9. The number of fused-ring (bicyclic) bond motifs is 3. The van der Waals surface area contributed by atoms with E-state index < -0.39 is 8.07 Å². The van der Waals surface area contributed by atoms with Crippen molar-refractivity contribution < 1.29 is 0 Å². The van der Waals surface area contributed by atoms with Gasteiger partial charge in [0.05, 0.1) is 28.4 Å². The summed E-state index contributed by atoms with van der Waals surface area (Å²) in [6, 6.07) is 94.8. The monoisotopic (exact) mass is 909 g/mol. The molecule has 5 nitrogen and oxygen atoms in total. The summed E-state index contributed by atoms with van der Waals surface area (Å²) in [5.41, 5.74) is 10.6. The average molecular weight is 910 g/mol. The number of nitrogens with zero attached hydrogens (tertiary/aromatic N) is 5. The average Bonchev–Trinajstić information content (AvgIpc) is 3.78. The molecule has 10 aromatic carbocycles. The van der Waals surface area contributed by atoms with Crippen LogP contribution >= 0.6 is 0 Å². The Bertz CT molecular complexity index is 3720. The first-order valence-electron chi connectivity index (χ1n) is 23.5. The molecule has 2 heterocycles. The quantitative estimate of drug-likeness (QED) is 0.101. The van der Waals surface area contributed by atoms with E-state index in [1.54, 1.807) is 0 Å². The van der Waals surface area contributed by atoms with E-state index >= 15 is 0 Å². The molecule has 0 aliphatic carbocycles. The summed E-state index contributed by atoms with van der Waals surface area (Å²) in [6.07, 6.45) is 0. The van der Waals surface area contributed by atoms with Crippen LogP contribution in [-0.2, 0) is 0 Å². The second kappa shape index (κ2) is 18.1. The van der Waals surface area contributed by atoms with Crippen LogP contribution in [0.4, 0.5) is 0 Å². The van der Waals surface area contributed by atoms with Crippen LogP contribution in [0.3, 0.4) is 0 Å². The van der Waals surface area contributed by atoms with E-state index in [0.29, 0.717) is 23.0 Å². The van der Waals surface area contributed by atoms with E-state index in [1.165, 1.54) is 20.7 Å². The topological polar surface area (TPSA) is 67.4 Å². The highest BCUT2D eigenvalue weighted by atomic mass is 28.3. The van der Waals surface area contributed by atoms with Crippen molar-refractivity contribution in [1.82, 2.24) is 19.5 Å². The van der Waals surface area contributed by atoms with Crippen molar-refractivity contribution in [2.24, 2.45) is 0 Å². The minimum absolute atomic E-state index is 0.570. The highest BCUT2D eigenvalue weighted by molar-refractivity contribution is 7.19. The van der Waals surface area contributed by atoms with Gasteiger partial charge in [-0.2, -0.15) is 5.26 Å². The Morgan fingerprint density at radius 2 is 0.771 bits per heavy atom. The van der Waals surface area contributed by atoms with E-state index in [2.05, 4.69) is 187 Å². The maximum Gasteiger partial charge on any atom is 0.179 e. The molecular weight excluding hydrogens is 867 g/mol. The predicted molar refractivity (Wildman–Crippen MR) is 290 cm³/mol. The fourth-order valence-electron chi connectivity index (χ4n) is 10.2. The molecule has 12 aromatic rings. The fourth-order valence-corrected chi connectivity index (χ4v) is 15.0. The summed E-state index contributed by atoms with van der Waals surface area (Å²) in [6.45, 7) is 0. The van der Waals surface area contributed by atoms with Gasteiger partial charge in [-0.15, -0.1) is 0 Å². The van der Waals surface area contributed by atoms with Gasteiger partial charge < -0.3 is 4.57 Å². The number of hydrogen-bond acceptors (Lipinski definition) is 4. The van der Waals surface area contributed by atoms with E-state index in [0.717, 1.165) is 66.4 Å². The molecular formula is C64H43N5Si. The van der Waals surface area contributed by atoms with E-state index in [-0.39, 0.29) is 0 Å². The zero-order chi connectivity index (χ0) is 46.9. The van der Waals surface area contributed by atoms with Crippen LogP contribution < -0.4 is 20.7 Å². The zero-order valence-corrected chi connectivity index (χ0v) is 39.1. The second-order valence-corrected chi connectivity index (χ2v) is 21.3. The van der Waals surface area contributed by atoms with Crippen molar-refractivity contribution in [3.63, 3.8) is 0 Å². The normalized spacial score (nSPS) is 11.4. The summed E-state index contributed by atoms with van der Waals surface area (Å²) < 4.78 is 2.38. The van der Waals surface area contributed by atoms with E-state index in [1.807, 2.05) is 84.9 Å². The molecule has 0 spiro atoms. The van der Waals surface area contributed by atoms with Gasteiger partial charge in [0.2, 0.25) is 0 Å². The van der Waals surface area contributed by atoms with Gasteiger partial charge in [0.15, 0.2) is 25.5 Å². The minimum atomic E-state index is -2.84. The van der Waals surface area contributed by atoms with Crippen LogP contribution in [0.5, 0.6) is 0 Å². The molecule has 328 valence electrons. The van der Waals surface area contributed by atoms with Crippen molar-refractivity contribution in [2.75, 3.05) is 0 Å². The van der Waals surface area contributed by atoms with Gasteiger partial charge in [-0.25, -0.2) is 15.0 Å². The molecule has 70 heavy (non-hydrogen) atoms. The third-order valence-corrected chi connectivity index (χ3v) is 18.2. The number of hydrogen-bond donors (Lipinski definition) is 0. The van der Waals surface area contributed by atoms with Gasteiger partial charge in [-0.05, 0) is 79.4 Å². The number of para-hydroxylation sites is 1. The number of aromatic nitrogens is 4. The van der Waals surface area contributed by atoms with Crippen LogP contribution in [0.2, 0.25) is 0 Å². The maximum atomic E-state index is 9.62. The summed E-state index contributed by atoms with van der Waals surface area (Å²) >= 11 is 0. The Morgan fingerprint density at radius 3 is 1.36 bits per heavy atom. The zero-order valence-electron chi connectivity index (χ0n) is 38.1. The largest absolute Gasteiger partial charge is 0.308 e. The lowest BCUT2D eigenvalue weighted by molar-refractivity contribution is 1.06. The molecule has 0 saturated carbocycles. The number of benzene rings is 10. The Hall–Kier alpha value is -9.28. The molecule has 0 saturated heterocycles. The van der Waals surface area contributed by atoms with Gasteiger partial charge in [-0.1, -0.05) is 224 Å². The van der Waals surface area contributed by atoms with Crippen LogP contribution in [0, 0.1) is 11.3 Å². The summed E-state index contributed by atoms with van der Waals surface area (Å²) in [4.78, 5) is 15.7. The van der Waals surface area contributed by atoms with Crippen molar-refractivity contribution in [1.29, 1.82) is 5.26 Å². The molecule has 0 N–H and O–H groups in total. The fraction of sp³-hybridized carbons (Fsp3) is 0. The smallest absolute Gasteiger partial charge is 0.179 e. The van der Waals surface area contributed by atoms with Gasteiger partial charge in [0.1, 0.15) is 0 Å². The number of rotatable bonds is 10. The lowest BCUT2D eigenvalue weighted by Crippen LogP contribution is -2.74. The molecule has 0 aliphatic heterocycles. The number of nitriles is 1. The first kappa shape index (κ1) is 42.1. The van der Waals surface area contributed by atoms with Crippen molar-refractivity contribution in [3.05, 3.63) is 266 Å². The van der Waals surface area contributed by atoms with Crippen molar-refractivity contribution in [3.8, 4) is 68.2 Å². The standard InChI is InChI=1S/C64H43N5Si/c65-44-45-33-35-46(36-34-45)50-37-39-57-56-31-16-17-32-59(56)69(60(57)42-50)61-43-51(38-40-58(61)64-67-62(47-19-6-1-7-20-47)66-63(68-64)48-21-8-2-9-22-48)49-23-18-30-55(41-49)70(52-24-10-3-11-25-52,53-26-12-4-13-27-53)54-28-14-5-15-29-54/h1-43H. The van der Waals surface area contributed by atoms with Gasteiger partial charge in [0, 0.05) is 27.5 Å².